The first kappa shape index (κ1) is 29.0. The van der Waals surface area contributed by atoms with Gasteiger partial charge in [0, 0.05) is 67.5 Å². The highest BCUT2D eigenvalue weighted by molar-refractivity contribution is 6.02. The van der Waals surface area contributed by atoms with E-state index in [4.69, 9.17) is 9.72 Å². The van der Waals surface area contributed by atoms with Gasteiger partial charge in [-0.15, -0.1) is 0 Å². The van der Waals surface area contributed by atoms with Gasteiger partial charge in [0.15, 0.2) is 0 Å². The molecule has 220 valence electrons. The number of ether oxygens (including phenoxy) is 1. The van der Waals surface area contributed by atoms with Gasteiger partial charge in [-0.1, -0.05) is 24.8 Å². The molecule has 0 atom stereocenters. The Kier molecular flexibility index (Phi) is 8.13. The summed E-state index contributed by atoms with van der Waals surface area (Å²) >= 11 is 0. The van der Waals surface area contributed by atoms with E-state index in [1.54, 1.807) is 25.4 Å². The van der Waals surface area contributed by atoms with Gasteiger partial charge < -0.3 is 29.7 Å². The quantitative estimate of drug-likeness (QED) is 0.240. The standard InChI is InChI=1S/C31H35F2N7O2/c1-6-28(41)35-22-17-23(27(42-5)18-25(22)39(4)16-15-38(2)3)37-30-34-13-11-21(36-30)29-20-9-7-8-10-24(20)40-14-12-31(32,33)19-26(29)40/h6-11,13,17-18H,1,12,14-16,19H2,2-5H3,(H,35,41)(H,34,36,37). The van der Waals surface area contributed by atoms with Crippen molar-refractivity contribution in [2.24, 2.45) is 0 Å². The maximum absolute atomic E-state index is 14.6. The third-order valence-corrected chi connectivity index (χ3v) is 7.42. The van der Waals surface area contributed by atoms with Gasteiger partial charge >= 0.3 is 0 Å². The summed E-state index contributed by atoms with van der Waals surface area (Å²) in [5.41, 5.74) is 4.52. The van der Waals surface area contributed by atoms with E-state index < -0.39 is 5.92 Å². The number of nitrogens with one attached hydrogen (secondary N) is 2. The van der Waals surface area contributed by atoms with Crippen molar-refractivity contribution < 1.29 is 18.3 Å². The van der Waals surface area contributed by atoms with Gasteiger partial charge in [0.05, 0.1) is 36.3 Å². The van der Waals surface area contributed by atoms with Crippen molar-refractivity contribution in [2.45, 2.75) is 25.3 Å². The zero-order chi connectivity index (χ0) is 30.0. The number of rotatable bonds is 10. The monoisotopic (exact) mass is 575 g/mol. The van der Waals surface area contributed by atoms with E-state index in [1.165, 1.54) is 6.08 Å². The van der Waals surface area contributed by atoms with Crippen LogP contribution in [-0.2, 0) is 17.8 Å². The highest BCUT2D eigenvalue weighted by Crippen LogP contribution is 2.42. The molecule has 2 N–H and O–H groups in total. The van der Waals surface area contributed by atoms with Crippen LogP contribution in [0.25, 0.3) is 22.2 Å². The highest BCUT2D eigenvalue weighted by Gasteiger charge is 2.37. The molecule has 3 heterocycles. The summed E-state index contributed by atoms with van der Waals surface area (Å²) in [5.74, 6) is -2.37. The van der Waals surface area contributed by atoms with Crippen LogP contribution in [0.4, 0.5) is 31.8 Å². The number of hydrogen-bond acceptors (Lipinski definition) is 7. The largest absolute Gasteiger partial charge is 0.494 e. The predicted octanol–water partition coefficient (Wildman–Crippen LogP) is 5.55. The molecule has 0 saturated heterocycles. The number of likely N-dealkylation sites (N-methyl/N-ethyl adjacent to an activating group) is 2. The van der Waals surface area contributed by atoms with Crippen molar-refractivity contribution in [1.29, 1.82) is 0 Å². The van der Waals surface area contributed by atoms with E-state index >= 15 is 0 Å². The maximum atomic E-state index is 14.6. The number of anilines is 4. The summed E-state index contributed by atoms with van der Waals surface area (Å²) in [6.45, 7) is 5.32. The van der Waals surface area contributed by atoms with Crippen molar-refractivity contribution in [2.75, 3.05) is 56.9 Å². The average molecular weight is 576 g/mol. The predicted molar refractivity (Wildman–Crippen MR) is 163 cm³/mol. The molecular formula is C31H35F2N7O2. The molecular weight excluding hydrogens is 540 g/mol. The van der Waals surface area contributed by atoms with Crippen LogP contribution in [0, 0.1) is 0 Å². The maximum Gasteiger partial charge on any atom is 0.255 e. The number of carbonyl (C=O) groups is 1. The molecule has 0 fully saturated rings. The van der Waals surface area contributed by atoms with Crippen LogP contribution < -0.4 is 20.3 Å². The van der Waals surface area contributed by atoms with Crippen molar-refractivity contribution >= 4 is 39.8 Å². The number of para-hydroxylation sites is 1. The minimum Gasteiger partial charge on any atom is -0.494 e. The normalized spacial score (nSPS) is 14.0. The first-order chi connectivity index (χ1) is 20.1. The van der Waals surface area contributed by atoms with Crippen molar-refractivity contribution in [3.63, 3.8) is 0 Å². The first-order valence-electron chi connectivity index (χ1n) is 13.7. The minimum atomic E-state index is -2.78. The molecule has 0 bridgehead atoms. The first-order valence-corrected chi connectivity index (χ1v) is 13.7. The van der Waals surface area contributed by atoms with E-state index in [0.717, 1.165) is 23.1 Å². The minimum absolute atomic E-state index is 0.195. The Bertz CT molecular complexity index is 1630. The van der Waals surface area contributed by atoms with E-state index in [1.807, 2.05) is 60.9 Å². The summed E-state index contributed by atoms with van der Waals surface area (Å²) in [5, 5.41) is 6.96. The van der Waals surface area contributed by atoms with Crippen LogP contribution in [0.2, 0.25) is 0 Å². The zero-order valence-electron chi connectivity index (χ0n) is 24.2. The van der Waals surface area contributed by atoms with E-state index in [0.29, 0.717) is 40.6 Å². The number of aryl methyl sites for hydroxylation is 1. The van der Waals surface area contributed by atoms with Gasteiger partial charge in [0.2, 0.25) is 11.9 Å². The molecule has 5 rings (SSSR count). The number of alkyl halides is 2. The fourth-order valence-electron chi connectivity index (χ4n) is 5.27. The van der Waals surface area contributed by atoms with Gasteiger partial charge in [0.25, 0.3) is 5.92 Å². The Hall–Kier alpha value is -4.51. The number of aromatic nitrogens is 3. The number of amides is 1. The summed E-state index contributed by atoms with van der Waals surface area (Å²) in [6, 6.07) is 13.0. The number of nitrogens with zero attached hydrogens (tertiary/aromatic N) is 5. The summed E-state index contributed by atoms with van der Waals surface area (Å²) in [7, 11) is 7.49. The highest BCUT2D eigenvalue weighted by atomic mass is 19.3. The van der Waals surface area contributed by atoms with Crippen LogP contribution in [0.1, 0.15) is 12.1 Å². The molecule has 11 heteroatoms. The topological polar surface area (TPSA) is 87.5 Å². The molecule has 2 aromatic heterocycles. The molecule has 0 radical (unpaired) electrons. The van der Waals surface area contributed by atoms with Gasteiger partial charge in [-0.3, -0.25) is 4.79 Å². The number of hydrogen-bond donors (Lipinski definition) is 2. The molecule has 2 aromatic carbocycles. The summed E-state index contributed by atoms with van der Waals surface area (Å²) in [4.78, 5) is 25.6. The molecule has 0 saturated carbocycles. The molecule has 1 aliphatic heterocycles. The van der Waals surface area contributed by atoms with Gasteiger partial charge in [-0.05, 0) is 38.4 Å². The van der Waals surface area contributed by atoms with Gasteiger partial charge in [-0.2, -0.15) is 0 Å². The lowest BCUT2D eigenvalue weighted by Gasteiger charge is -2.26. The molecule has 0 aliphatic carbocycles. The number of fused-ring (bicyclic) bond motifs is 3. The van der Waals surface area contributed by atoms with Crippen molar-refractivity contribution in [3.05, 3.63) is 67.0 Å². The van der Waals surface area contributed by atoms with Crippen molar-refractivity contribution in [1.82, 2.24) is 19.4 Å². The van der Waals surface area contributed by atoms with E-state index in [9.17, 15) is 13.6 Å². The fourth-order valence-corrected chi connectivity index (χ4v) is 5.27. The molecule has 4 aromatic rings. The number of methoxy groups -OCH3 is 1. The Labute approximate surface area is 243 Å². The molecule has 9 nitrogen and oxygen atoms in total. The molecule has 42 heavy (non-hydrogen) atoms. The smallest absolute Gasteiger partial charge is 0.255 e. The third-order valence-electron chi connectivity index (χ3n) is 7.42. The van der Waals surface area contributed by atoms with E-state index in [-0.39, 0.29) is 31.2 Å². The Balaban J connectivity index is 1.54. The fraction of sp³-hybridized carbons (Fsp3) is 0.323. The second kappa shape index (κ2) is 11.8. The van der Waals surface area contributed by atoms with Crippen LogP contribution in [0.5, 0.6) is 5.75 Å². The Morgan fingerprint density at radius 1 is 1.17 bits per heavy atom. The van der Waals surface area contributed by atoms with Crippen LogP contribution >= 0.6 is 0 Å². The Morgan fingerprint density at radius 2 is 1.95 bits per heavy atom. The third kappa shape index (κ3) is 5.91. The van der Waals surface area contributed by atoms with Crippen molar-refractivity contribution in [3.8, 4) is 17.0 Å². The molecule has 0 unspecified atom stereocenters. The lowest BCUT2D eigenvalue weighted by atomic mass is 10.00. The number of benzene rings is 2. The average Bonchev–Trinajstić information content (AvgIpc) is 3.28. The van der Waals surface area contributed by atoms with Gasteiger partial charge in [-0.25, -0.2) is 18.7 Å². The second-order valence-electron chi connectivity index (χ2n) is 10.7. The van der Waals surface area contributed by atoms with E-state index in [2.05, 4.69) is 27.1 Å². The molecule has 1 amide bonds. The molecule has 1 aliphatic rings. The van der Waals surface area contributed by atoms with Crippen LogP contribution in [0.3, 0.4) is 0 Å². The zero-order valence-corrected chi connectivity index (χ0v) is 24.2. The van der Waals surface area contributed by atoms with Gasteiger partial charge in [0.1, 0.15) is 5.75 Å². The summed E-state index contributed by atoms with van der Waals surface area (Å²) in [6.07, 6.45) is 2.26. The van der Waals surface area contributed by atoms with Crippen LogP contribution in [0.15, 0.2) is 61.3 Å². The number of halogens is 2. The lowest BCUT2D eigenvalue weighted by Crippen LogP contribution is -2.29. The number of carbonyl (C=O) groups excluding carboxylic acids is 1. The molecule has 0 spiro atoms. The summed E-state index contributed by atoms with van der Waals surface area (Å²) < 4.78 is 36.8. The lowest BCUT2D eigenvalue weighted by molar-refractivity contribution is -0.111. The second-order valence-corrected chi connectivity index (χ2v) is 10.7. The van der Waals surface area contributed by atoms with Crippen LogP contribution in [-0.4, -0.2) is 72.6 Å². The Morgan fingerprint density at radius 3 is 2.69 bits per heavy atom. The SMILES string of the molecule is C=CC(=O)Nc1cc(Nc2nccc(-c3c4n(c5ccccc35)CCC(F)(F)C4)n2)c(OC)cc1N(C)CCN(C)C.